The van der Waals surface area contributed by atoms with Crippen molar-refractivity contribution < 1.29 is 9.59 Å². The lowest BCUT2D eigenvalue weighted by Crippen LogP contribution is -2.26. The molecule has 0 unspecified atom stereocenters. The first-order valence-corrected chi connectivity index (χ1v) is 9.12. The van der Waals surface area contributed by atoms with Crippen LogP contribution in [0.4, 0.5) is 11.4 Å². The van der Waals surface area contributed by atoms with E-state index >= 15 is 0 Å². The fraction of sp³-hybridized carbons (Fsp3) is 0.263. The average molecular weight is 395 g/mol. The highest BCUT2D eigenvalue weighted by atomic mass is 16.2. The van der Waals surface area contributed by atoms with Gasteiger partial charge in [-0.05, 0) is 43.7 Å². The van der Waals surface area contributed by atoms with E-state index in [-0.39, 0.29) is 17.2 Å². The van der Waals surface area contributed by atoms with Crippen LogP contribution in [0.3, 0.4) is 0 Å². The van der Waals surface area contributed by atoms with Gasteiger partial charge in [-0.25, -0.2) is 14.3 Å². The molecule has 0 saturated carbocycles. The molecule has 1 atom stereocenters. The van der Waals surface area contributed by atoms with Gasteiger partial charge in [0.15, 0.2) is 0 Å². The van der Waals surface area contributed by atoms with E-state index in [1.165, 1.54) is 34.2 Å². The number of benzene rings is 1. The summed E-state index contributed by atoms with van der Waals surface area (Å²) in [5, 5.41) is 13.5. The van der Waals surface area contributed by atoms with Crippen molar-refractivity contribution in [3.05, 3.63) is 65.1 Å². The molecule has 0 fully saturated rings. The number of hydrogen-bond acceptors (Lipinski definition) is 6. The number of anilines is 2. The monoisotopic (exact) mass is 395 g/mol. The maximum Gasteiger partial charge on any atom is 0.276 e. The van der Waals surface area contributed by atoms with Crippen molar-refractivity contribution in [2.45, 2.75) is 32.9 Å². The lowest BCUT2D eigenvalue weighted by atomic mass is 10.2. The second-order valence-electron chi connectivity index (χ2n) is 6.35. The molecule has 2 aromatic heterocycles. The predicted octanol–water partition coefficient (Wildman–Crippen LogP) is 1.70. The first-order chi connectivity index (χ1) is 14.0. The van der Waals surface area contributed by atoms with E-state index in [1.54, 1.807) is 31.2 Å². The van der Waals surface area contributed by atoms with Gasteiger partial charge in [0.1, 0.15) is 24.4 Å². The lowest BCUT2D eigenvalue weighted by molar-refractivity contribution is -0.119. The van der Waals surface area contributed by atoms with Crippen molar-refractivity contribution in [3.63, 3.8) is 0 Å². The molecule has 3 rings (SSSR count). The smallest absolute Gasteiger partial charge is 0.276 e. The first-order valence-electron chi connectivity index (χ1n) is 9.12. The van der Waals surface area contributed by atoms with Crippen LogP contribution in [0.2, 0.25) is 0 Å². The summed E-state index contributed by atoms with van der Waals surface area (Å²) < 4.78 is 2.72. The van der Waals surface area contributed by atoms with Crippen molar-refractivity contribution in [3.8, 4) is 0 Å². The van der Waals surface area contributed by atoms with Crippen molar-refractivity contribution in [2.24, 2.45) is 0 Å². The molecule has 2 heterocycles. The number of nitrogens with one attached hydrogen (secondary N) is 2. The Morgan fingerprint density at radius 2 is 1.76 bits per heavy atom. The molecule has 0 spiro atoms. The second-order valence-corrected chi connectivity index (χ2v) is 6.35. The Bertz CT molecular complexity index is 1040. The third-order valence-electron chi connectivity index (χ3n) is 4.16. The van der Waals surface area contributed by atoms with Crippen LogP contribution in [0.5, 0.6) is 0 Å². The SMILES string of the molecule is CCCn1nc(C(=O)Nc2ccc(NC(=O)[C@H](C)n3cncn3)cc2)ccc1=O. The largest absolute Gasteiger partial charge is 0.324 e. The Kier molecular flexibility index (Phi) is 6.12. The standard InChI is InChI=1S/C19H21N7O3/c1-3-10-25-17(27)9-8-16(24-25)19(29)23-15-6-4-14(5-7-15)22-18(28)13(2)26-12-20-11-21-26/h4-9,11-13H,3,10H2,1-2H3,(H,22,28)(H,23,29)/t13-/m0/s1. The summed E-state index contributed by atoms with van der Waals surface area (Å²) >= 11 is 0. The first kappa shape index (κ1) is 19.9. The van der Waals surface area contributed by atoms with Gasteiger partial charge in [0.2, 0.25) is 5.91 Å². The molecule has 10 nitrogen and oxygen atoms in total. The molecule has 3 aromatic rings. The number of carbonyl (C=O) groups is 2. The summed E-state index contributed by atoms with van der Waals surface area (Å²) in [6.07, 6.45) is 3.58. The molecule has 2 N–H and O–H groups in total. The Morgan fingerprint density at radius 3 is 2.38 bits per heavy atom. The Morgan fingerprint density at radius 1 is 1.07 bits per heavy atom. The van der Waals surface area contributed by atoms with E-state index in [1.807, 2.05) is 6.92 Å². The number of aryl methyl sites for hydroxylation is 1. The van der Waals surface area contributed by atoms with Gasteiger partial charge >= 0.3 is 0 Å². The predicted molar refractivity (Wildman–Crippen MR) is 107 cm³/mol. The zero-order valence-electron chi connectivity index (χ0n) is 16.1. The molecule has 0 aliphatic rings. The fourth-order valence-corrected chi connectivity index (χ4v) is 2.56. The molecule has 29 heavy (non-hydrogen) atoms. The van der Waals surface area contributed by atoms with Crippen LogP contribution in [0.1, 0.15) is 36.8 Å². The van der Waals surface area contributed by atoms with Crippen LogP contribution in [0.25, 0.3) is 0 Å². The zero-order chi connectivity index (χ0) is 20.8. The highest BCUT2D eigenvalue weighted by Crippen LogP contribution is 2.16. The molecule has 0 radical (unpaired) electrons. The molecule has 0 aliphatic carbocycles. The summed E-state index contributed by atoms with van der Waals surface area (Å²) in [5.41, 5.74) is 1.02. The number of carbonyl (C=O) groups excluding carboxylic acids is 2. The molecule has 0 aliphatic heterocycles. The Balaban J connectivity index is 1.63. The van der Waals surface area contributed by atoms with Crippen LogP contribution in [0.15, 0.2) is 53.8 Å². The summed E-state index contributed by atoms with van der Waals surface area (Å²) in [4.78, 5) is 40.2. The molecule has 1 aromatic carbocycles. The lowest BCUT2D eigenvalue weighted by Gasteiger charge is -2.12. The number of rotatable bonds is 7. The van der Waals surface area contributed by atoms with Crippen LogP contribution in [-0.2, 0) is 11.3 Å². The molecular weight excluding hydrogens is 374 g/mol. The van der Waals surface area contributed by atoms with E-state index in [2.05, 4.69) is 25.8 Å². The zero-order valence-corrected chi connectivity index (χ0v) is 16.1. The molecular formula is C19H21N7O3. The third-order valence-corrected chi connectivity index (χ3v) is 4.16. The maximum absolute atomic E-state index is 12.4. The molecule has 2 amide bonds. The van der Waals surface area contributed by atoms with E-state index in [9.17, 15) is 14.4 Å². The number of nitrogens with zero attached hydrogens (tertiary/aromatic N) is 5. The summed E-state index contributed by atoms with van der Waals surface area (Å²) in [5.74, 6) is -0.666. The van der Waals surface area contributed by atoms with Gasteiger partial charge in [-0.15, -0.1) is 0 Å². The van der Waals surface area contributed by atoms with E-state index in [0.717, 1.165) is 6.42 Å². The Labute approximate surface area is 166 Å². The molecule has 0 bridgehead atoms. The minimum Gasteiger partial charge on any atom is -0.324 e. The molecule has 150 valence electrons. The molecule has 0 saturated heterocycles. The van der Waals surface area contributed by atoms with Gasteiger partial charge in [0.05, 0.1) is 0 Å². The summed E-state index contributed by atoms with van der Waals surface area (Å²) in [6.45, 7) is 4.08. The van der Waals surface area contributed by atoms with Gasteiger partial charge in [-0.2, -0.15) is 10.2 Å². The highest BCUT2D eigenvalue weighted by Gasteiger charge is 2.15. The molecule has 10 heteroatoms. The fourth-order valence-electron chi connectivity index (χ4n) is 2.56. The normalized spacial score (nSPS) is 11.7. The topological polar surface area (TPSA) is 124 Å². The highest BCUT2D eigenvalue weighted by molar-refractivity contribution is 6.03. The van der Waals surface area contributed by atoms with E-state index < -0.39 is 11.9 Å². The number of hydrogen-bond donors (Lipinski definition) is 2. The number of amides is 2. The average Bonchev–Trinajstić information content (AvgIpc) is 3.25. The van der Waals surface area contributed by atoms with Gasteiger partial charge in [0.25, 0.3) is 11.5 Å². The Hall–Kier alpha value is -3.82. The van der Waals surface area contributed by atoms with Crippen molar-refractivity contribution in [1.82, 2.24) is 24.5 Å². The summed E-state index contributed by atoms with van der Waals surface area (Å²) in [7, 11) is 0. The van der Waals surface area contributed by atoms with E-state index in [0.29, 0.717) is 17.9 Å². The van der Waals surface area contributed by atoms with E-state index in [4.69, 9.17) is 0 Å². The van der Waals surface area contributed by atoms with Gasteiger partial charge < -0.3 is 10.6 Å². The quantitative estimate of drug-likeness (QED) is 0.627. The van der Waals surface area contributed by atoms with Crippen molar-refractivity contribution >= 4 is 23.2 Å². The minimum absolute atomic E-state index is 0.150. The van der Waals surface area contributed by atoms with Crippen molar-refractivity contribution in [2.75, 3.05) is 10.6 Å². The van der Waals surface area contributed by atoms with Crippen molar-refractivity contribution in [1.29, 1.82) is 0 Å². The van der Waals surface area contributed by atoms with Crippen LogP contribution in [0, 0.1) is 0 Å². The van der Waals surface area contributed by atoms with Gasteiger partial charge in [0, 0.05) is 24.0 Å². The minimum atomic E-state index is -0.512. The van der Waals surface area contributed by atoms with Gasteiger partial charge in [-0.1, -0.05) is 6.92 Å². The third kappa shape index (κ3) is 4.92. The van der Waals surface area contributed by atoms with Crippen LogP contribution < -0.4 is 16.2 Å². The van der Waals surface area contributed by atoms with Crippen LogP contribution >= 0.6 is 0 Å². The van der Waals surface area contributed by atoms with Crippen LogP contribution in [-0.4, -0.2) is 36.4 Å². The second kappa shape index (κ2) is 8.91. The van der Waals surface area contributed by atoms with Gasteiger partial charge in [-0.3, -0.25) is 14.4 Å². The number of aromatic nitrogens is 5. The summed E-state index contributed by atoms with van der Waals surface area (Å²) in [6, 6.07) is 8.88. The maximum atomic E-state index is 12.4.